The number of rotatable bonds is 5. The molecule has 128 valence electrons. The summed E-state index contributed by atoms with van der Waals surface area (Å²) in [5, 5.41) is 50.8. The highest BCUT2D eigenvalue weighted by molar-refractivity contribution is 5.78. The van der Waals surface area contributed by atoms with Gasteiger partial charge in [-0.2, -0.15) is 0 Å². The van der Waals surface area contributed by atoms with Crippen LogP contribution in [0.5, 0.6) is 0 Å². The van der Waals surface area contributed by atoms with Crippen molar-refractivity contribution >= 4 is 11.9 Å². The zero-order chi connectivity index (χ0) is 17.1. The lowest BCUT2D eigenvalue weighted by Gasteiger charge is -2.45. The molecule has 6 atom stereocenters. The maximum Gasteiger partial charge on any atom is 0.366 e. The molecule has 0 aromatic rings. The molecule has 0 bridgehead atoms. The monoisotopic (exact) mass is 323 g/mol. The second-order valence-corrected chi connectivity index (χ2v) is 5.10. The number of aliphatic hydroxyl groups is 5. The van der Waals surface area contributed by atoms with E-state index in [1.165, 1.54) is 0 Å². The third-order valence-corrected chi connectivity index (χ3v) is 3.38. The normalized spacial score (nSPS) is 34.6. The number of aliphatic hydroxyl groups excluding tert-OH is 4. The maximum atomic E-state index is 11.6. The van der Waals surface area contributed by atoms with Crippen LogP contribution in [0.25, 0.3) is 0 Å². The van der Waals surface area contributed by atoms with Crippen molar-refractivity contribution in [3.05, 3.63) is 0 Å². The fraction of sp³-hybridized carbons (Fsp3) is 0.833. The van der Waals surface area contributed by atoms with Crippen LogP contribution in [0.4, 0.5) is 0 Å². The van der Waals surface area contributed by atoms with Crippen LogP contribution in [0.3, 0.4) is 0 Å². The van der Waals surface area contributed by atoms with Gasteiger partial charge in [-0.3, -0.25) is 4.79 Å². The quantitative estimate of drug-likeness (QED) is 0.278. The molecule has 1 heterocycles. The fourth-order valence-electron chi connectivity index (χ4n) is 2.29. The largest absolute Gasteiger partial charge is 0.465 e. The van der Waals surface area contributed by atoms with E-state index in [4.69, 9.17) is 9.84 Å². The topological polar surface area (TPSA) is 166 Å². The number of hydrogen-bond donors (Lipinski definition) is 6. The van der Waals surface area contributed by atoms with Crippen molar-refractivity contribution in [2.75, 3.05) is 13.7 Å². The minimum absolute atomic E-state index is 0.563. The number of amides is 1. The molecule has 1 amide bonds. The molecule has 22 heavy (non-hydrogen) atoms. The number of methoxy groups -OCH3 is 1. The summed E-state index contributed by atoms with van der Waals surface area (Å²) in [4.78, 5) is 22.8. The van der Waals surface area contributed by atoms with Gasteiger partial charge in [0.2, 0.25) is 5.91 Å². The van der Waals surface area contributed by atoms with Gasteiger partial charge in [-0.15, -0.1) is 0 Å². The van der Waals surface area contributed by atoms with Crippen LogP contribution in [0.2, 0.25) is 0 Å². The highest BCUT2D eigenvalue weighted by Gasteiger charge is 2.54. The molecule has 1 aliphatic rings. The molecule has 1 rings (SSSR count). The third kappa shape index (κ3) is 3.91. The standard InChI is InChI=1S/C12H21NO9/c1-5(15)13-8-6(16)3-12(20,11(19)21-2)22-10(8)9(18)7(17)4-14/h6-10,14,16-18,20H,3-4H2,1-2H3,(H,13,15)/t6-,7+,8+,9+,10+,12+/m0/s1. The van der Waals surface area contributed by atoms with E-state index in [9.17, 15) is 30.0 Å². The fourth-order valence-corrected chi connectivity index (χ4v) is 2.29. The Kier molecular flexibility index (Phi) is 6.23. The first-order valence-electron chi connectivity index (χ1n) is 6.57. The summed E-state index contributed by atoms with van der Waals surface area (Å²) in [5.41, 5.74) is 0. The second kappa shape index (κ2) is 7.31. The Morgan fingerprint density at radius 2 is 2.05 bits per heavy atom. The Morgan fingerprint density at radius 3 is 2.50 bits per heavy atom. The lowest BCUT2D eigenvalue weighted by Crippen LogP contribution is -2.67. The predicted molar refractivity (Wildman–Crippen MR) is 69.2 cm³/mol. The highest BCUT2D eigenvalue weighted by atomic mass is 16.7. The van der Waals surface area contributed by atoms with Crippen LogP contribution in [-0.4, -0.2) is 87.4 Å². The molecule has 0 unspecified atom stereocenters. The Bertz CT molecular complexity index is 417. The van der Waals surface area contributed by atoms with E-state index in [-0.39, 0.29) is 0 Å². The molecule has 1 saturated heterocycles. The van der Waals surface area contributed by atoms with Gasteiger partial charge >= 0.3 is 5.97 Å². The molecule has 0 aromatic carbocycles. The molecule has 10 nitrogen and oxygen atoms in total. The number of ether oxygens (including phenoxy) is 2. The molecule has 0 radical (unpaired) electrons. The SMILES string of the molecule is COC(=O)[C@@]1(O)C[C@H](O)[C@@H](NC(C)=O)[C@H]([C@H](O)[C@H](O)CO)O1. The Hall–Kier alpha value is -1.30. The van der Waals surface area contributed by atoms with Crippen molar-refractivity contribution in [2.45, 2.75) is 49.6 Å². The highest BCUT2D eigenvalue weighted by Crippen LogP contribution is 2.31. The lowest BCUT2D eigenvalue weighted by molar-refractivity contribution is -0.296. The van der Waals surface area contributed by atoms with Crippen molar-refractivity contribution in [2.24, 2.45) is 0 Å². The van der Waals surface area contributed by atoms with E-state index in [1.807, 2.05) is 0 Å². The Labute approximate surface area is 126 Å². The minimum Gasteiger partial charge on any atom is -0.465 e. The van der Waals surface area contributed by atoms with Crippen LogP contribution in [0.1, 0.15) is 13.3 Å². The predicted octanol–water partition coefficient (Wildman–Crippen LogP) is -3.78. The summed E-state index contributed by atoms with van der Waals surface area (Å²) >= 11 is 0. The molecular weight excluding hydrogens is 302 g/mol. The molecule has 6 N–H and O–H groups in total. The van der Waals surface area contributed by atoms with Crippen molar-refractivity contribution in [1.82, 2.24) is 5.32 Å². The van der Waals surface area contributed by atoms with Gasteiger partial charge in [-0.25, -0.2) is 4.79 Å². The number of hydrogen-bond acceptors (Lipinski definition) is 9. The summed E-state index contributed by atoms with van der Waals surface area (Å²) in [6.45, 7) is 0.320. The summed E-state index contributed by atoms with van der Waals surface area (Å²) < 4.78 is 9.45. The summed E-state index contributed by atoms with van der Waals surface area (Å²) in [7, 11) is 0.990. The molecule has 0 aromatic heterocycles. The van der Waals surface area contributed by atoms with Gasteiger partial charge in [-0.05, 0) is 0 Å². The molecular formula is C12H21NO9. The summed E-state index contributed by atoms with van der Waals surface area (Å²) in [6, 6.07) is -1.21. The van der Waals surface area contributed by atoms with Gasteiger partial charge in [-0.1, -0.05) is 0 Å². The van der Waals surface area contributed by atoms with Crippen molar-refractivity contribution in [3.8, 4) is 0 Å². The Balaban J connectivity index is 3.09. The molecule has 1 aliphatic heterocycles. The van der Waals surface area contributed by atoms with E-state index >= 15 is 0 Å². The van der Waals surface area contributed by atoms with Crippen molar-refractivity contribution < 1.29 is 44.6 Å². The lowest BCUT2D eigenvalue weighted by atomic mass is 9.88. The van der Waals surface area contributed by atoms with Crippen LogP contribution in [-0.2, 0) is 19.1 Å². The van der Waals surface area contributed by atoms with E-state index in [1.54, 1.807) is 0 Å². The maximum absolute atomic E-state index is 11.6. The first-order chi connectivity index (χ1) is 10.2. The Morgan fingerprint density at radius 1 is 1.45 bits per heavy atom. The van der Waals surface area contributed by atoms with E-state index in [0.717, 1.165) is 14.0 Å². The second-order valence-electron chi connectivity index (χ2n) is 5.10. The van der Waals surface area contributed by atoms with Crippen LogP contribution < -0.4 is 5.32 Å². The zero-order valence-electron chi connectivity index (χ0n) is 12.2. The smallest absolute Gasteiger partial charge is 0.366 e. The first-order valence-corrected chi connectivity index (χ1v) is 6.57. The molecule has 1 fully saturated rings. The third-order valence-electron chi connectivity index (χ3n) is 3.38. The zero-order valence-corrected chi connectivity index (χ0v) is 12.2. The minimum atomic E-state index is -2.55. The van der Waals surface area contributed by atoms with Gasteiger partial charge in [0, 0.05) is 13.3 Å². The van der Waals surface area contributed by atoms with Crippen LogP contribution in [0.15, 0.2) is 0 Å². The molecule has 0 spiro atoms. The van der Waals surface area contributed by atoms with E-state index < -0.39 is 61.1 Å². The average Bonchev–Trinajstić information content (AvgIpc) is 2.46. The number of esters is 1. The number of nitrogens with one attached hydrogen (secondary N) is 1. The van der Waals surface area contributed by atoms with E-state index in [2.05, 4.69) is 10.1 Å². The summed E-state index contributed by atoms with van der Waals surface area (Å²) in [6.07, 6.45) is -7.09. The van der Waals surface area contributed by atoms with E-state index in [0.29, 0.717) is 0 Å². The van der Waals surface area contributed by atoms with Crippen molar-refractivity contribution in [3.63, 3.8) is 0 Å². The first kappa shape index (κ1) is 18.7. The number of carbonyl (C=O) groups is 2. The van der Waals surface area contributed by atoms with Gasteiger partial charge in [0.05, 0.1) is 25.9 Å². The van der Waals surface area contributed by atoms with Crippen molar-refractivity contribution in [1.29, 1.82) is 0 Å². The molecule has 0 aliphatic carbocycles. The van der Waals surface area contributed by atoms with Gasteiger partial charge in [0.25, 0.3) is 5.79 Å². The number of carbonyl (C=O) groups excluding carboxylic acids is 2. The van der Waals surface area contributed by atoms with Crippen LogP contribution in [0, 0.1) is 0 Å². The average molecular weight is 323 g/mol. The van der Waals surface area contributed by atoms with Crippen LogP contribution >= 0.6 is 0 Å². The molecule has 0 saturated carbocycles. The van der Waals surface area contributed by atoms with Gasteiger partial charge in [0.15, 0.2) is 0 Å². The van der Waals surface area contributed by atoms with Gasteiger partial charge < -0.3 is 40.3 Å². The summed E-state index contributed by atoms with van der Waals surface area (Å²) in [5.74, 6) is -4.32. The molecule has 10 heteroatoms. The van der Waals surface area contributed by atoms with Gasteiger partial charge in [0.1, 0.15) is 18.3 Å².